The van der Waals surface area contributed by atoms with Gasteiger partial charge in [0.05, 0.1) is 7.11 Å². The van der Waals surface area contributed by atoms with Crippen LogP contribution in [0.1, 0.15) is 57.8 Å². The van der Waals surface area contributed by atoms with Gasteiger partial charge in [-0.15, -0.1) is 0 Å². The smallest absolute Gasteiger partial charge is 0.305 e. The first-order chi connectivity index (χ1) is 10.7. The summed E-state index contributed by atoms with van der Waals surface area (Å²) < 4.78 is 4.80. The second-order valence-corrected chi connectivity index (χ2v) is 7.66. The largest absolute Gasteiger partial charge is 0.469 e. The molecule has 0 aromatic heterocycles. The molecule has 0 bridgehead atoms. The van der Waals surface area contributed by atoms with Crippen molar-refractivity contribution < 1.29 is 9.53 Å². The first-order valence-corrected chi connectivity index (χ1v) is 9.29. The van der Waals surface area contributed by atoms with Gasteiger partial charge in [0.1, 0.15) is 0 Å². The van der Waals surface area contributed by atoms with Crippen molar-refractivity contribution in [2.24, 2.45) is 11.8 Å². The molecule has 0 spiro atoms. The highest BCUT2D eigenvalue weighted by Crippen LogP contribution is 2.33. The van der Waals surface area contributed by atoms with Gasteiger partial charge in [-0.1, -0.05) is 12.8 Å². The Morgan fingerprint density at radius 2 is 1.91 bits per heavy atom. The number of methoxy groups -OCH3 is 1. The number of nitrogens with one attached hydrogen (secondary N) is 1. The van der Waals surface area contributed by atoms with Crippen molar-refractivity contribution in [1.29, 1.82) is 0 Å². The van der Waals surface area contributed by atoms with E-state index in [1.54, 1.807) is 0 Å². The molecule has 2 saturated carbocycles. The van der Waals surface area contributed by atoms with E-state index in [1.807, 2.05) is 0 Å². The van der Waals surface area contributed by atoms with Crippen LogP contribution in [0.2, 0.25) is 0 Å². The summed E-state index contributed by atoms with van der Waals surface area (Å²) in [5, 5.41) is 3.85. The highest BCUT2D eigenvalue weighted by Gasteiger charge is 2.36. The van der Waals surface area contributed by atoms with Crippen LogP contribution in [0, 0.1) is 11.8 Å². The predicted octanol–water partition coefficient (Wildman–Crippen LogP) is 2.57. The molecule has 1 aliphatic heterocycles. The molecule has 0 aromatic rings. The van der Waals surface area contributed by atoms with Crippen molar-refractivity contribution in [3.63, 3.8) is 0 Å². The molecule has 1 heterocycles. The molecule has 0 amide bonds. The van der Waals surface area contributed by atoms with Gasteiger partial charge < -0.3 is 10.1 Å². The lowest BCUT2D eigenvalue weighted by Gasteiger charge is -2.39. The number of nitrogens with zero attached hydrogens (tertiary/aromatic N) is 1. The zero-order valence-electron chi connectivity index (χ0n) is 14.1. The number of carbonyl (C=O) groups excluding carboxylic acids is 1. The summed E-state index contributed by atoms with van der Waals surface area (Å²) in [6, 6.07) is 1.45. The van der Waals surface area contributed by atoms with Crippen molar-refractivity contribution in [2.75, 3.05) is 26.7 Å². The van der Waals surface area contributed by atoms with E-state index in [0.29, 0.717) is 18.4 Å². The molecule has 1 N–H and O–H groups in total. The Morgan fingerprint density at radius 3 is 2.59 bits per heavy atom. The number of piperidine rings is 1. The molecule has 4 heteroatoms. The minimum Gasteiger partial charge on any atom is -0.469 e. The topological polar surface area (TPSA) is 41.6 Å². The van der Waals surface area contributed by atoms with Gasteiger partial charge in [0.2, 0.25) is 0 Å². The standard InChI is InChI=1S/C18H32N2O2/c1-22-18(21)9-6-15-10-16(13-20(12-15)17-7-8-17)19-11-14-4-2-3-5-14/h14-17,19H,2-13H2,1H3. The zero-order valence-corrected chi connectivity index (χ0v) is 14.1. The van der Waals surface area contributed by atoms with Gasteiger partial charge >= 0.3 is 5.97 Å². The van der Waals surface area contributed by atoms with Crippen molar-refractivity contribution in [2.45, 2.75) is 69.9 Å². The predicted molar refractivity (Wildman–Crippen MR) is 87.7 cm³/mol. The van der Waals surface area contributed by atoms with E-state index in [2.05, 4.69) is 10.2 Å². The summed E-state index contributed by atoms with van der Waals surface area (Å²) in [7, 11) is 1.49. The second-order valence-electron chi connectivity index (χ2n) is 7.66. The minimum atomic E-state index is -0.0565. The van der Waals surface area contributed by atoms with Gasteiger partial charge in [0, 0.05) is 31.6 Å². The number of hydrogen-bond donors (Lipinski definition) is 1. The monoisotopic (exact) mass is 308 g/mol. The van der Waals surface area contributed by atoms with Gasteiger partial charge in [-0.25, -0.2) is 0 Å². The van der Waals surface area contributed by atoms with Gasteiger partial charge in [0.25, 0.3) is 0 Å². The van der Waals surface area contributed by atoms with Crippen LogP contribution in [0.3, 0.4) is 0 Å². The fraction of sp³-hybridized carbons (Fsp3) is 0.944. The van der Waals surface area contributed by atoms with Gasteiger partial charge in [-0.3, -0.25) is 9.69 Å². The van der Waals surface area contributed by atoms with Crippen LogP contribution < -0.4 is 5.32 Å². The summed E-state index contributed by atoms with van der Waals surface area (Å²) in [6.07, 6.45) is 11.2. The highest BCUT2D eigenvalue weighted by atomic mass is 16.5. The van der Waals surface area contributed by atoms with Crippen molar-refractivity contribution in [3.05, 3.63) is 0 Å². The van der Waals surface area contributed by atoms with E-state index in [1.165, 1.54) is 71.7 Å². The average molecular weight is 308 g/mol. The van der Waals surface area contributed by atoms with E-state index in [0.717, 1.165) is 18.4 Å². The molecular formula is C18H32N2O2. The molecule has 22 heavy (non-hydrogen) atoms. The molecule has 126 valence electrons. The highest BCUT2D eigenvalue weighted by molar-refractivity contribution is 5.69. The average Bonchev–Trinajstić information content (AvgIpc) is 3.27. The molecular weight excluding hydrogens is 276 g/mol. The molecule has 0 radical (unpaired) electrons. The van der Waals surface area contributed by atoms with Crippen molar-refractivity contribution in [3.8, 4) is 0 Å². The third-order valence-corrected chi connectivity index (χ3v) is 5.78. The lowest BCUT2D eigenvalue weighted by Crippen LogP contribution is -2.50. The lowest BCUT2D eigenvalue weighted by atomic mass is 9.90. The van der Waals surface area contributed by atoms with E-state index < -0.39 is 0 Å². The Morgan fingerprint density at radius 1 is 1.14 bits per heavy atom. The molecule has 1 saturated heterocycles. The van der Waals surface area contributed by atoms with Crippen LogP contribution in [0.4, 0.5) is 0 Å². The maximum Gasteiger partial charge on any atom is 0.305 e. The summed E-state index contributed by atoms with van der Waals surface area (Å²) in [6.45, 7) is 3.60. The molecule has 2 unspecified atom stereocenters. The first-order valence-electron chi connectivity index (χ1n) is 9.29. The van der Waals surface area contributed by atoms with E-state index in [-0.39, 0.29) is 5.97 Å². The third kappa shape index (κ3) is 4.69. The van der Waals surface area contributed by atoms with Crippen LogP contribution in [-0.2, 0) is 9.53 Å². The van der Waals surface area contributed by atoms with E-state index >= 15 is 0 Å². The molecule has 2 atom stereocenters. The van der Waals surface area contributed by atoms with Crippen molar-refractivity contribution >= 4 is 5.97 Å². The number of ether oxygens (including phenoxy) is 1. The lowest BCUT2D eigenvalue weighted by molar-refractivity contribution is -0.141. The first kappa shape index (κ1) is 16.3. The quantitative estimate of drug-likeness (QED) is 0.734. The summed E-state index contributed by atoms with van der Waals surface area (Å²) >= 11 is 0. The van der Waals surface area contributed by atoms with Gasteiger partial charge in [0.15, 0.2) is 0 Å². The van der Waals surface area contributed by atoms with Gasteiger partial charge in [-0.2, -0.15) is 0 Å². The van der Waals surface area contributed by atoms with E-state index in [9.17, 15) is 4.79 Å². The summed E-state index contributed by atoms with van der Waals surface area (Å²) in [4.78, 5) is 14.1. The summed E-state index contributed by atoms with van der Waals surface area (Å²) in [5.41, 5.74) is 0. The Kier molecular flexibility index (Phi) is 5.75. The van der Waals surface area contributed by atoms with Gasteiger partial charge in [-0.05, 0) is 56.9 Å². The SMILES string of the molecule is COC(=O)CCC1CC(NCC2CCCC2)CN(C2CC2)C1. The number of carbonyl (C=O) groups is 1. The van der Waals surface area contributed by atoms with Crippen LogP contribution in [0.25, 0.3) is 0 Å². The minimum absolute atomic E-state index is 0.0565. The fourth-order valence-corrected chi connectivity index (χ4v) is 4.31. The maximum atomic E-state index is 11.4. The third-order valence-electron chi connectivity index (χ3n) is 5.78. The number of esters is 1. The Hall–Kier alpha value is -0.610. The molecule has 3 aliphatic rings. The Balaban J connectivity index is 1.47. The molecule has 3 fully saturated rings. The summed E-state index contributed by atoms with van der Waals surface area (Å²) in [5.74, 6) is 1.50. The van der Waals surface area contributed by atoms with E-state index in [4.69, 9.17) is 4.74 Å². The van der Waals surface area contributed by atoms with Crippen molar-refractivity contribution in [1.82, 2.24) is 10.2 Å². The fourth-order valence-electron chi connectivity index (χ4n) is 4.31. The normalized spacial score (nSPS) is 30.6. The van der Waals surface area contributed by atoms with Crippen LogP contribution in [-0.4, -0.2) is 49.7 Å². The van der Waals surface area contributed by atoms with Crippen LogP contribution >= 0.6 is 0 Å². The maximum absolute atomic E-state index is 11.4. The Bertz CT molecular complexity index is 364. The molecule has 4 nitrogen and oxygen atoms in total. The molecule has 3 rings (SSSR count). The Labute approximate surface area is 135 Å². The number of hydrogen-bond acceptors (Lipinski definition) is 4. The number of likely N-dealkylation sites (tertiary alicyclic amines) is 1. The van der Waals surface area contributed by atoms with Crippen LogP contribution in [0.15, 0.2) is 0 Å². The second kappa shape index (κ2) is 7.78. The number of rotatable bonds is 7. The zero-order chi connectivity index (χ0) is 15.4. The molecule has 0 aromatic carbocycles. The molecule has 2 aliphatic carbocycles. The van der Waals surface area contributed by atoms with Crippen LogP contribution in [0.5, 0.6) is 0 Å².